The number of hydrogen-bond donors (Lipinski definition) is 0. The molecule has 0 spiro atoms. The van der Waals surface area contributed by atoms with Crippen molar-refractivity contribution >= 4 is 46.8 Å². The molecule has 0 bridgehead atoms. The molecule has 0 radical (unpaired) electrons. The number of nitro benzene ring substituents is 1. The van der Waals surface area contributed by atoms with Crippen molar-refractivity contribution in [2.24, 2.45) is 4.99 Å². The number of rotatable bonds is 6. The van der Waals surface area contributed by atoms with Crippen LogP contribution < -0.4 is 4.74 Å². The standard InChI is InChI=1S/C23H14Cl2N2O5/c24-16-6-9-19(20(25)12-16)22-26-21(23(28)32-22)11-15-2-1-3-18(10-15)31-13-14-4-7-17(8-5-14)27(29)30/h1-12H,13H2/b21-11-. The summed E-state index contributed by atoms with van der Waals surface area (Å²) in [6.07, 6.45) is 1.58. The highest BCUT2D eigenvalue weighted by Crippen LogP contribution is 2.27. The molecule has 0 aliphatic carbocycles. The van der Waals surface area contributed by atoms with Gasteiger partial charge in [0.2, 0.25) is 5.90 Å². The fraction of sp³-hybridized carbons (Fsp3) is 0.0435. The highest BCUT2D eigenvalue weighted by molar-refractivity contribution is 6.37. The third kappa shape index (κ3) is 4.96. The monoisotopic (exact) mass is 468 g/mol. The van der Waals surface area contributed by atoms with Gasteiger partial charge >= 0.3 is 5.97 Å². The molecule has 0 saturated heterocycles. The number of cyclic esters (lactones) is 1. The van der Waals surface area contributed by atoms with Crippen molar-refractivity contribution in [3.05, 3.63) is 109 Å². The molecule has 32 heavy (non-hydrogen) atoms. The maximum absolute atomic E-state index is 12.3. The molecule has 0 saturated carbocycles. The van der Waals surface area contributed by atoms with E-state index < -0.39 is 10.9 Å². The van der Waals surface area contributed by atoms with E-state index in [4.69, 9.17) is 32.7 Å². The van der Waals surface area contributed by atoms with Crippen LogP contribution in [-0.2, 0) is 16.1 Å². The maximum Gasteiger partial charge on any atom is 0.363 e. The van der Waals surface area contributed by atoms with Gasteiger partial charge in [0.25, 0.3) is 5.69 Å². The minimum absolute atomic E-state index is 0.0191. The lowest BCUT2D eigenvalue weighted by Crippen LogP contribution is -2.05. The second-order valence-corrected chi connectivity index (χ2v) is 7.59. The van der Waals surface area contributed by atoms with Crippen molar-refractivity contribution in [2.45, 2.75) is 6.61 Å². The molecule has 0 unspecified atom stereocenters. The van der Waals surface area contributed by atoms with Crippen LogP contribution in [0.25, 0.3) is 6.08 Å². The Morgan fingerprint density at radius 2 is 1.84 bits per heavy atom. The summed E-state index contributed by atoms with van der Waals surface area (Å²) < 4.78 is 11.0. The summed E-state index contributed by atoms with van der Waals surface area (Å²) >= 11 is 12.1. The predicted octanol–water partition coefficient (Wildman–Crippen LogP) is 5.83. The summed E-state index contributed by atoms with van der Waals surface area (Å²) in [4.78, 5) is 26.8. The van der Waals surface area contributed by atoms with E-state index in [9.17, 15) is 14.9 Å². The Labute approximate surface area is 192 Å². The molecule has 7 nitrogen and oxygen atoms in total. The van der Waals surface area contributed by atoms with Gasteiger partial charge in [-0.05, 0) is 59.7 Å². The Bertz CT molecular complexity index is 1270. The lowest BCUT2D eigenvalue weighted by molar-refractivity contribution is -0.384. The van der Waals surface area contributed by atoms with Crippen LogP contribution in [0.3, 0.4) is 0 Å². The molecule has 9 heteroatoms. The summed E-state index contributed by atoms with van der Waals surface area (Å²) in [7, 11) is 0. The van der Waals surface area contributed by atoms with E-state index in [1.54, 1.807) is 60.7 Å². The lowest BCUT2D eigenvalue weighted by Gasteiger charge is -2.07. The van der Waals surface area contributed by atoms with Crippen LogP contribution in [0, 0.1) is 10.1 Å². The molecule has 1 heterocycles. The average Bonchev–Trinajstić information content (AvgIpc) is 3.12. The molecule has 3 aromatic rings. The van der Waals surface area contributed by atoms with Crippen LogP contribution in [0.2, 0.25) is 10.0 Å². The largest absolute Gasteiger partial charge is 0.489 e. The van der Waals surface area contributed by atoms with Crippen LogP contribution in [0.5, 0.6) is 5.75 Å². The molecule has 0 N–H and O–H groups in total. The van der Waals surface area contributed by atoms with Crippen molar-refractivity contribution < 1.29 is 19.2 Å². The molecular weight excluding hydrogens is 455 g/mol. The van der Waals surface area contributed by atoms with Gasteiger partial charge in [-0.15, -0.1) is 0 Å². The fourth-order valence-corrected chi connectivity index (χ4v) is 3.41. The zero-order chi connectivity index (χ0) is 22.7. The fourth-order valence-electron chi connectivity index (χ4n) is 2.92. The molecule has 0 atom stereocenters. The zero-order valence-electron chi connectivity index (χ0n) is 16.3. The van der Waals surface area contributed by atoms with E-state index in [2.05, 4.69) is 4.99 Å². The van der Waals surface area contributed by atoms with Crippen LogP contribution in [0.1, 0.15) is 16.7 Å². The van der Waals surface area contributed by atoms with Crippen molar-refractivity contribution in [1.29, 1.82) is 0 Å². The SMILES string of the molecule is O=C1OC(c2ccc(Cl)cc2Cl)=N/C1=C\c1cccc(OCc2ccc([N+](=O)[O-])cc2)c1. The molecule has 1 aliphatic heterocycles. The Morgan fingerprint density at radius 3 is 2.56 bits per heavy atom. The van der Waals surface area contributed by atoms with Crippen molar-refractivity contribution in [3.8, 4) is 5.75 Å². The summed E-state index contributed by atoms with van der Waals surface area (Å²) in [6.45, 7) is 0.234. The Hall–Kier alpha value is -3.68. The number of nitro groups is 1. The number of aliphatic imine (C=N–C) groups is 1. The molecule has 0 aromatic heterocycles. The molecule has 160 valence electrons. The average molecular weight is 469 g/mol. The first-order chi connectivity index (χ1) is 15.4. The summed E-state index contributed by atoms with van der Waals surface area (Å²) in [5.74, 6) is 0.0747. The first-order valence-corrected chi connectivity index (χ1v) is 10.1. The van der Waals surface area contributed by atoms with Gasteiger partial charge in [0.15, 0.2) is 5.70 Å². The van der Waals surface area contributed by atoms with Gasteiger partial charge in [0, 0.05) is 17.2 Å². The third-order valence-electron chi connectivity index (χ3n) is 4.50. The van der Waals surface area contributed by atoms with E-state index in [1.807, 2.05) is 0 Å². The molecule has 1 aliphatic rings. The van der Waals surface area contributed by atoms with Crippen molar-refractivity contribution in [2.75, 3.05) is 0 Å². The second-order valence-electron chi connectivity index (χ2n) is 6.74. The quantitative estimate of drug-likeness (QED) is 0.196. The number of carbonyl (C=O) groups excluding carboxylic acids is 1. The maximum atomic E-state index is 12.3. The van der Waals surface area contributed by atoms with Gasteiger partial charge in [-0.25, -0.2) is 9.79 Å². The summed E-state index contributed by atoms with van der Waals surface area (Å²) in [6, 6.07) is 18.0. The smallest absolute Gasteiger partial charge is 0.363 e. The van der Waals surface area contributed by atoms with Crippen LogP contribution in [0.15, 0.2) is 77.4 Å². The normalized spacial score (nSPS) is 14.2. The molecule has 0 fully saturated rings. The number of hydrogen-bond acceptors (Lipinski definition) is 6. The Kier molecular flexibility index (Phi) is 6.20. The molecule has 0 amide bonds. The zero-order valence-corrected chi connectivity index (χ0v) is 17.8. The van der Waals surface area contributed by atoms with E-state index in [1.165, 1.54) is 12.1 Å². The van der Waals surface area contributed by atoms with Crippen LogP contribution in [-0.4, -0.2) is 16.8 Å². The number of non-ortho nitro benzene ring substituents is 1. The minimum atomic E-state index is -0.594. The van der Waals surface area contributed by atoms with Gasteiger partial charge < -0.3 is 9.47 Å². The first-order valence-electron chi connectivity index (χ1n) is 9.33. The lowest BCUT2D eigenvalue weighted by atomic mass is 10.2. The predicted molar refractivity (Wildman–Crippen MR) is 121 cm³/mol. The number of nitrogens with zero attached hydrogens (tertiary/aromatic N) is 2. The van der Waals surface area contributed by atoms with Gasteiger partial charge in [-0.2, -0.15) is 0 Å². The summed E-state index contributed by atoms with van der Waals surface area (Å²) in [5.41, 5.74) is 2.08. The highest BCUT2D eigenvalue weighted by Gasteiger charge is 2.25. The Balaban J connectivity index is 1.49. The number of ether oxygens (including phenoxy) is 2. The molecule has 4 rings (SSSR count). The molecular formula is C23H14Cl2N2O5. The van der Waals surface area contributed by atoms with Gasteiger partial charge in [0.1, 0.15) is 12.4 Å². The van der Waals surface area contributed by atoms with Crippen molar-refractivity contribution in [3.63, 3.8) is 0 Å². The first kappa shape index (κ1) is 21.5. The highest BCUT2D eigenvalue weighted by atomic mass is 35.5. The number of halogens is 2. The van der Waals surface area contributed by atoms with Crippen LogP contribution in [0.4, 0.5) is 5.69 Å². The van der Waals surface area contributed by atoms with Gasteiger partial charge in [0.05, 0.1) is 15.5 Å². The van der Waals surface area contributed by atoms with E-state index >= 15 is 0 Å². The minimum Gasteiger partial charge on any atom is -0.489 e. The van der Waals surface area contributed by atoms with Gasteiger partial charge in [-0.3, -0.25) is 10.1 Å². The number of esters is 1. The van der Waals surface area contributed by atoms with E-state index in [0.29, 0.717) is 26.9 Å². The van der Waals surface area contributed by atoms with Crippen LogP contribution >= 0.6 is 23.2 Å². The number of benzene rings is 3. The van der Waals surface area contributed by atoms with Gasteiger partial charge in [-0.1, -0.05) is 35.3 Å². The third-order valence-corrected chi connectivity index (χ3v) is 5.04. The second kappa shape index (κ2) is 9.21. The van der Waals surface area contributed by atoms with E-state index in [0.717, 1.165) is 5.56 Å². The van der Waals surface area contributed by atoms with E-state index in [-0.39, 0.29) is 23.9 Å². The number of carbonyl (C=O) groups is 1. The summed E-state index contributed by atoms with van der Waals surface area (Å²) in [5, 5.41) is 11.5. The van der Waals surface area contributed by atoms with Crippen molar-refractivity contribution in [1.82, 2.24) is 0 Å². The topological polar surface area (TPSA) is 91.0 Å². The Morgan fingerprint density at radius 1 is 1.06 bits per heavy atom. The molecule has 3 aromatic carbocycles.